The molecule has 174 valence electrons. The van der Waals surface area contributed by atoms with Gasteiger partial charge in [0.05, 0.1) is 5.52 Å². The van der Waals surface area contributed by atoms with Crippen molar-refractivity contribution < 1.29 is 4.79 Å². The van der Waals surface area contributed by atoms with E-state index in [-0.39, 0.29) is 5.91 Å². The van der Waals surface area contributed by atoms with Crippen LogP contribution in [0.1, 0.15) is 32.8 Å². The molecule has 2 aromatic carbocycles. The molecule has 1 fully saturated rings. The smallest absolute Gasteiger partial charge is 0.225 e. The molecule has 2 N–H and O–H groups in total. The van der Waals surface area contributed by atoms with E-state index in [1.165, 1.54) is 5.56 Å². The molecule has 1 saturated heterocycles. The van der Waals surface area contributed by atoms with Gasteiger partial charge in [-0.3, -0.25) is 9.69 Å². The molecular formula is C26H34N6O. The molecule has 1 amide bonds. The molecule has 0 unspecified atom stereocenters. The number of fused-ring (bicyclic) bond motifs is 1. The Morgan fingerprint density at radius 2 is 1.85 bits per heavy atom. The van der Waals surface area contributed by atoms with E-state index in [0.29, 0.717) is 12.5 Å². The van der Waals surface area contributed by atoms with Crippen molar-refractivity contribution in [2.24, 2.45) is 0 Å². The Morgan fingerprint density at radius 1 is 1.03 bits per heavy atom. The highest BCUT2D eigenvalue weighted by atomic mass is 16.1. The number of amides is 1. The minimum absolute atomic E-state index is 0.0302. The van der Waals surface area contributed by atoms with Crippen LogP contribution >= 0.6 is 0 Å². The van der Waals surface area contributed by atoms with Crippen molar-refractivity contribution in [1.29, 1.82) is 0 Å². The van der Waals surface area contributed by atoms with E-state index in [9.17, 15) is 4.79 Å². The monoisotopic (exact) mass is 446 g/mol. The fourth-order valence-electron chi connectivity index (χ4n) is 4.23. The van der Waals surface area contributed by atoms with Gasteiger partial charge in [0.25, 0.3) is 0 Å². The van der Waals surface area contributed by atoms with Crippen LogP contribution in [-0.2, 0) is 11.2 Å². The Hall–Kier alpha value is -3.03. The van der Waals surface area contributed by atoms with Crippen LogP contribution in [0.5, 0.6) is 0 Å². The SMILES string of the molecule is CCc1cccc(Nc2ncnc3ccc(NC(=O)CCN4CCN(C(C)C)CC4)cc23)c1. The van der Waals surface area contributed by atoms with Crippen molar-refractivity contribution in [3.63, 3.8) is 0 Å². The third kappa shape index (κ3) is 6.06. The summed E-state index contributed by atoms with van der Waals surface area (Å²) in [7, 11) is 0. The van der Waals surface area contributed by atoms with Crippen LogP contribution in [0.4, 0.5) is 17.2 Å². The summed E-state index contributed by atoms with van der Waals surface area (Å²) in [4.78, 5) is 26.3. The average molecular weight is 447 g/mol. The molecule has 0 saturated carbocycles. The number of aromatic nitrogens is 2. The molecule has 0 bridgehead atoms. The Morgan fingerprint density at radius 3 is 2.61 bits per heavy atom. The summed E-state index contributed by atoms with van der Waals surface area (Å²) in [6, 6.07) is 14.7. The van der Waals surface area contributed by atoms with E-state index < -0.39 is 0 Å². The number of carbonyl (C=O) groups excluding carboxylic acids is 1. The topological polar surface area (TPSA) is 73.4 Å². The van der Waals surface area contributed by atoms with E-state index in [0.717, 1.165) is 67.2 Å². The van der Waals surface area contributed by atoms with Crippen molar-refractivity contribution in [3.8, 4) is 0 Å². The molecule has 1 aliphatic heterocycles. The maximum atomic E-state index is 12.6. The van der Waals surface area contributed by atoms with Gasteiger partial charge in [0, 0.05) is 61.9 Å². The fraction of sp³-hybridized carbons (Fsp3) is 0.423. The van der Waals surface area contributed by atoms with E-state index in [2.05, 4.69) is 63.3 Å². The van der Waals surface area contributed by atoms with Crippen LogP contribution in [0.2, 0.25) is 0 Å². The normalized spacial score (nSPS) is 15.2. The van der Waals surface area contributed by atoms with Crippen molar-refractivity contribution in [2.45, 2.75) is 39.7 Å². The van der Waals surface area contributed by atoms with Gasteiger partial charge in [0.1, 0.15) is 12.1 Å². The van der Waals surface area contributed by atoms with Crippen LogP contribution in [0.15, 0.2) is 48.8 Å². The Labute approximate surface area is 196 Å². The van der Waals surface area contributed by atoms with Crippen LogP contribution in [0.25, 0.3) is 10.9 Å². The molecule has 4 rings (SSSR count). The van der Waals surface area contributed by atoms with Gasteiger partial charge < -0.3 is 15.5 Å². The molecule has 2 heterocycles. The Balaban J connectivity index is 1.39. The van der Waals surface area contributed by atoms with Crippen molar-refractivity contribution in [1.82, 2.24) is 19.8 Å². The van der Waals surface area contributed by atoms with E-state index in [1.54, 1.807) is 6.33 Å². The van der Waals surface area contributed by atoms with Crippen molar-refractivity contribution in [2.75, 3.05) is 43.4 Å². The number of rotatable bonds is 8. The van der Waals surface area contributed by atoms with Gasteiger partial charge in [-0.1, -0.05) is 19.1 Å². The zero-order valence-electron chi connectivity index (χ0n) is 19.8. The zero-order valence-corrected chi connectivity index (χ0v) is 19.8. The average Bonchev–Trinajstić information content (AvgIpc) is 2.83. The lowest BCUT2D eigenvalue weighted by molar-refractivity contribution is -0.116. The highest BCUT2D eigenvalue weighted by Crippen LogP contribution is 2.26. The van der Waals surface area contributed by atoms with Gasteiger partial charge in [-0.2, -0.15) is 0 Å². The highest BCUT2D eigenvalue weighted by Gasteiger charge is 2.19. The fourth-order valence-corrected chi connectivity index (χ4v) is 4.23. The molecule has 7 heteroatoms. The van der Waals surface area contributed by atoms with Gasteiger partial charge in [0.2, 0.25) is 5.91 Å². The predicted octanol–water partition coefficient (Wildman–Crippen LogP) is 4.29. The summed E-state index contributed by atoms with van der Waals surface area (Å²) in [5, 5.41) is 7.33. The molecule has 0 aliphatic carbocycles. The van der Waals surface area contributed by atoms with Crippen LogP contribution in [-0.4, -0.2) is 64.4 Å². The number of nitrogens with one attached hydrogen (secondary N) is 2. The third-order valence-electron chi connectivity index (χ3n) is 6.31. The first-order valence-corrected chi connectivity index (χ1v) is 11.9. The molecule has 3 aromatic rings. The van der Waals surface area contributed by atoms with Gasteiger partial charge in [-0.15, -0.1) is 0 Å². The minimum atomic E-state index is 0.0302. The molecule has 0 radical (unpaired) electrons. The first-order valence-electron chi connectivity index (χ1n) is 11.9. The van der Waals surface area contributed by atoms with E-state index in [4.69, 9.17) is 0 Å². The standard InChI is InChI=1S/C26H34N6O/c1-4-20-6-5-7-21(16-20)30-26-23-17-22(8-9-24(23)27-18-28-26)29-25(33)10-11-31-12-14-32(15-13-31)19(2)3/h5-9,16-19H,4,10-15H2,1-3H3,(H,29,33)(H,27,28,30). The van der Waals surface area contributed by atoms with Gasteiger partial charge in [-0.05, 0) is 56.2 Å². The molecular weight excluding hydrogens is 412 g/mol. The Bertz CT molecular complexity index is 1090. The van der Waals surface area contributed by atoms with Gasteiger partial charge in [-0.25, -0.2) is 9.97 Å². The van der Waals surface area contributed by atoms with Crippen LogP contribution in [0.3, 0.4) is 0 Å². The summed E-state index contributed by atoms with van der Waals surface area (Å²) in [6.07, 6.45) is 3.02. The third-order valence-corrected chi connectivity index (χ3v) is 6.31. The summed E-state index contributed by atoms with van der Waals surface area (Å²) in [6.45, 7) is 11.6. The quantitative estimate of drug-likeness (QED) is 0.538. The van der Waals surface area contributed by atoms with Crippen LogP contribution < -0.4 is 10.6 Å². The lowest BCUT2D eigenvalue weighted by Gasteiger charge is -2.36. The maximum absolute atomic E-state index is 12.6. The molecule has 1 aliphatic rings. The predicted molar refractivity (Wildman–Crippen MR) is 135 cm³/mol. The number of hydrogen-bond donors (Lipinski definition) is 2. The minimum Gasteiger partial charge on any atom is -0.340 e. The largest absolute Gasteiger partial charge is 0.340 e. The number of nitrogens with zero attached hydrogens (tertiary/aromatic N) is 4. The lowest BCUT2D eigenvalue weighted by Crippen LogP contribution is -2.49. The summed E-state index contributed by atoms with van der Waals surface area (Å²) in [5.74, 6) is 0.759. The highest BCUT2D eigenvalue weighted by molar-refractivity contribution is 5.97. The number of carbonyl (C=O) groups is 1. The summed E-state index contributed by atoms with van der Waals surface area (Å²) in [5.41, 5.74) is 3.84. The second-order valence-electron chi connectivity index (χ2n) is 8.90. The van der Waals surface area contributed by atoms with Crippen molar-refractivity contribution >= 4 is 34.0 Å². The van der Waals surface area contributed by atoms with Gasteiger partial charge in [0.15, 0.2) is 0 Å². The maximum Gasteiger partial charge on any atom is 0.225 e. The number of anilines is 3. The number of hydrogen-bond acceptors (Lipinski definition) is 6. The number of piperazine rings is 1. The summed E-state index contributed by atoms with van der Waals surface area (Å²) < 4.78 is 0. The molecule has 33 heavy (non-hydrogen) atoms. The summed E-state index contributed by atoms with van der Waals surface area (Å²) >= 11 is 0. The zero-order chi connectivity index (χ0) is 23.2. The number of aryl methyl sites for hydroxylation is 1. The first-order chi connectivity index (χ1) is 16.0. The lowest BCUT2D eigenvalue weighted by atomic mass is 10.1. The van der Waals surface area contributed by atoms with Crippen LogP contribution in [0, 0.1) is 0 Å². The van der Waals surface area contributed by atoms with Crippen molar-refractivity contribution in [3.05, 3.63) is 54.4 Å². The molecule has 7 nitrogen and oxygen atoms in total. The first kappa shape index (κ1) is 23.1. The Kier molecular flexibility index (Phi) is 7.52. The molecule has 0 spiro atoms. The molecule has 0 atom stereocenters. The van der Waals surface area contributed by atoms with E-state index >= 15 is 0 Å². The van der Waals surface area contributed by atoms with Gasteiger partial charge >= 0.3 is 0 Å². The van der Waals surface area contributed by atoms with E-state index in [1.807, 2.05) is 30.3 Å². The second-order valence-corrected chi connectivity index (χ2v) is 8.90. The second kappa shape index (κ2) is 10.7. The molecule has 1 aromatic heterocycles. The number of benzene rings is 2.